The maximum atomic E-state index is 13.1. The van der Waals surface area contributed by atoms with Gasteiger partial charge in [0.05, 0.1) is 12.5 Å². The van der Waals surface area contributed by atoms with E-state index in [-0.39, 0.29) is 17.6 Å². The first-order valence-electron chi connectivity index (χ1n) is 9.94. The zero-order chi connectivity index (χ0) is 20.1. The van der Waals surface area contributed by atoms with Crippen molar-refractivity contribution in [1.82, 2.24) is 19.1 Å². The molecule has 0 aromatic carbocycles. The van der Waals surface area contributed by atoms with Crippen molar-refractivity contribution in [2.45, 2.75) is 38.1 Å². The number of pyridine rings is 1. The average Bonchev–Trinajstić information content (AvgIpc) is 2.68. The Hall–Kier alpha value is -1.58. The molecule has 3 heterocycles. The molecule has 2 aliphatic heterocycles. The highest BCUT2D eigenvalue weighted by atomic mass is 32.2. The van der Waals surface area contributed by atoms with Crippen molar-refractivity contribution in [3.05, 3.63) is 29.8 Å². The summed E-state index contributed by atoms with van der Waals surface area (Å²) in [5, 5.41) is 0. The Kier molecular flexibility index (Phi) is 7.00. The van der Waals surface area contributed by atoms with Gasteiger partial charge >= 0.3 is 0 Å². The first-order valence-corrected chi connectivity index (χ1v) is 11.8. The maximum absolute atomic E-state index is 13.1. The lowest BCUT2D eigenvalue weighted by Crippen LogP contribution is -2.53. The quantitative estimate of drug-likeness (QED) is 0.709. The predicted molar refractivity (Wildman–Crippen MR) is 105 cm³/mol. The molecule has 1 unspecified atom stereocenters. The second kappa shape index (κ2) is 9.28. The number of hydrogen-bond donors (Lipinski definition) is 0. The molecular weight excluding hydrogens is 383 g/mol. The second-order valence-corrected chi connectivity index (χ2v) is 9.62. The Bertz CT molecular complexity index is 766. The molecule has 0 bridgehead atoms. The fourth-order valence-corrected chi connectivity index (χ4v) is 5.21. The predicted octanol–water partition coefficient (Wildman–Crippen LogP) is 1.57. The van der Waals surface area contributed by atoms with Gasteiger partial charge in [-0.05, 0) is 50.9 Å². The number of aromatic nitrogens is 1. The minimum atomic E-state index is -3.38. The van der Waals surface area contributed by atoms with Gasteiger partial charge in [0, 0.05) is 32.2 Å². The number of carbonyl (C=O) groups excluding carboxylic acids is 1. The van der Waals surface area contributed by atoms with Crippen LogP contribution in [0.15, 0.2) is 18.3 Å². The summed E-state index contributed by atoms with van der Waals surface area (Å²) in [7, 11) is -3.38. The third-order valence-corrected chi connectivity index (χ3v) is 6.88. The van der Waals surface area contributed by atoms with Gasteiger partial charge in [0.25, 0.3) is 5.91 Å². The van der Waals surface area contributed by atoms with Crippen LogP contribution in [0.25, 0.3) is 0 Å². The van der Waals surface area contributed by atoms with Crippen molar-refractivity contribution in [2.24, 2.45) is 0 Å². The Morgan fingerprint density at radius 2 is 1.96 bits per heavy atom. The molecule has 0 saturated carbocycles. The standard InChI is InChI=1S/C19H29FN4O3S/c1-28(26,27)24(13-12-22-9-3-2-4-10-22)17-6-5-11-23(15-17)19(25)18-8-7-16(20)14-21-18/h7-8,14,17H,2-6,9-13,15H2,1H3. The van der Waals surface area contributed by atoms with Gasteiger partial charge in [-0.25, -0.2) is 17.8 Å². The zero-order valence-corrected chi connectivity index (χ0v) is 17.2. The summed E-state index contributed by atoms with van der Waals surface area (Å²) in [6.45, 7) is 4.09. The van der Waals surface area contributed by atoms with Crippen LogP contribution in [0.5, 0.6) is 0 Å². The van der Waals surface area contributed by atoms with E-state index in [9.17, 15) is 17.6 Å². The van der Waals surface area contributed by atoms with Gasteiger partial charge in [0.1, 0.15) is 11.5 Å². The molecule has 0 radical (unpaired) electrons. The number of amides is 1. The molecular formula is C19H29FN4O3S. The molecule has 28 heavy (non-hydrogen) atoms. The summed E-state index contributed by atoms with van der Waals surface area (Å²) < 4.78 is 39.5. The smallest absolute Gasteiger partial charge is 0.272 e. The van der Waals surface area contributed by atoms with Crippen LogP contribution >= 0.6 is 0 Å². The van der Waals surface area contributed by atoms with Crippen molar-refractivity contribution in [3.8, 4) is 0 Å². The van der Waals surface area contributed by atoms with E-state index in [4.69, 9.17) is 0 Å². The number of hydrogen-bond acceptors (Lipinski definition) is 5. The highest BCUT2D eigenvalue weighted by molar-refractivity contribution is 7.88. The monoisotopic (exact) mass is 412 g/mol. The van der Waals surface area contributed by atoms with Gasteiger partial charge < -0.3 is 9.80 Å². The first kappa shape index (κ1) is 21.1. The molecule has 156 valence electrons. The fraction of sp³-hybridized carbons (Fsp3) is 0.684. The van der Waals surface area contributed by atoms with Crippen LogP contribution in [-0.2, 0) is 10.0 Å². The molecule has 1 atom stereocenters. The normalized spacial score (nSPS) is 21.8. The molecule has 3 rings (SSSR count). The third-order valence-electron chi connectivity index (χ3n) is 5.55. The van der Waals surface area contributed by atoms with Crippen LogP contribution in [0, 0.1) is 5.82 Å². The molecule has 0 aliphatic carbocycles. The van der Waals surface area contributed by atoms with Gasteiger partial charge in [0.15, 0.2) is 0 Å². The van der Waals surface area contributed by atoms with E-state index in [1.165, 1.54) is 24.8 Å². The molecule has 1 amide bonds. The number of piperidine rings is 2. The number of nitrogens with zero attached hydrogens (tertiary/aromatic N) is 4. The van der Waals surface area contributed by atoms with Crippen LogP contribution < -0.4 is 0 Å². The van der Waals surface area contributed by atoms with Crippen LogP contribution in [0.3, 0.4) is 0 Å². The number of sulfonamides is 1. The summed E-state index contributed by atoms with van der Waals surface area (Å²) in [5.41, 5.74) is 0.182. The Balaban J connectivity index is 1.66. The van der Waals surface area contributed by atoms with Crippen molar-refractivity contribution in [1.29, 1.82) is 0 Å². The molecule has 2 fully saturated rings. The zero-order valence-electron chi connectivity index (χ0n) is 16.4. The van der Waals surface area contributed by atoms with E-state index in [2.05, 4.69) is 9.88 Å². The van der Waals surface area contributed by atoms with Crippen molar-refractivity contribution in [2.75, 3.05) is 45.5 Å². The van der Waals surface area contributed by atoms with Gasteiger partial charge in [-0.15, -0.1) is 0 Å². The minimum Gasteiger partial charge on any atom is -0.336 e. The lowest BCUT2D eigenvalue weighted by atomic mass is 10.0. The summed E-state index contributed by atoms with van der Waals surface area (Å²) in [5.74, 6) is -0.775. The van der Waals surface area contributed by atoms with Gasteiger partial charge in [-0.1, -0.05) is 6.42 Å². The largest absolute Gasteiger partial charge is 0.336 e. The SMILES string of the molecule is CS(=O)(=O)N(CCN1CCCCC1)C1CCCN(C(=O)c2ccc(F)cn2)C1. The Morgan fingerprint density at radius 3 is 2.61 bits per heavy atom. The van der Waals surface area contributed by atoms with E-state index in [1.54, 1.807) is 9.21 Å². The van der Waals surface area contributed by atoms with Gasteiger partial charge in [0.2, 0.25) is 10.0 Å². The topological polar surface area (TPSA) is 73.8 Å². The second-order valence-electron chi connectivity index (χ2n) is 7.68. The highest BCUT2D eigenvalue weighted by Gasteiger charge is 2.33. The fourth-order valence-electron chi connectivity index (χ4n) is 4.08. The lowest BCUT2D eigenvalue weighted by Gasteiger charge is -2.39. The molecule has 2 aliphatic rings. The lowest BCUT2D eigenvalue weighted by molar-refractivity contribution is 0.0641. The number of likely N-dealkylation sites (tertiary alicyclic amines) is 2. The van der Waals surface area contributed by atoms with Gasteiger partial charge in [-0.2, -0.15) is 4.31 Å². The number of carbonyl (C=O) groups is 1. The highest BCUT2D eigenvalue weighted by Crippen LogP contribution is 2.20. The van der Waals surface area contributed by atoms with E-state index >= 15 is 0 Å². The Morgan fingerprint density at radius 1 is 1.21 bits per heavy atom. The van der Waals surface area contributed by atoms with Crippen molar-refractivity contribution >= 4 is 15.9 Å². The average molecular weight is 413 g/mol. The van der Waals surface area contributed by atoms with Crippen LogP contribution in [0.1, 0.15) is 42.6 Å². The third kappa shape index (κ3) is 5.48. The van der Waals surface area contributed by atoms with E-state index < -0.39 is 15.8 Å². The van der Waals surface area contributed by atoms with Crippen LogP contribution in [-0.4, -0.2) is 85.0 Å². The minimum absolute atomic E-state index is 0.182. The molecule has 0 spiro atoms. The van der Waals surface area contributed by atoms with Crippen LogP contribution in [0.2, 0.25) is 0 Å². The summed E-state index contributed by atoms with van der Waals surface area (Å²) >= 11 is 0. The molecule has 0 N–H and O–H groups in total. The molecule has 7 nitrogen and oxygen atoms in total. The van der Waals surface area contributed by atoms with E-state index in [0.717, 1.165) is 51.5 Å². The van der Waals surface area contributed by atoms with Crippen molar-refractivity contribution < 1.29 is 17.6 Å². The summed E-state index contributed by atoms with van der Waals surface area (Å²) in [6.07, 6.45) is 7.29. The number of rotatable bonds is 6. The van der Waals surface area contributed by atoms with E-state index in [0.29, 0.717) is 19.6 Å². The summed E-state index contributed by atoms with van der Waals surface area (Å²) in [6, 6.07) is 2.34. The maximum Gasteiger partial charge on any atom is 0.272 e. The molecule has 9 heteroatoms. The van der Waals surface area contributed by atoms with E-state index in [1.807, 2.05) is 0 Å². The van der Waals surface area contributed by atoms with Gasteiger partial charge in [-0.3, -0.25) is 4.79 Å². The number of halogens is 1. The first-order chi connectivity index (χ1) is 13.3. The molecule has 1 aromatic heterocycles. The van der Waals surface area contributed by atoms with Crippen LogP contribution in [0.4, 0.5) is 4.39 Å². The molecule has 2 saturated heterocycles. The Labute approximate surface area is 166 Å². The van der Waals surface area contributed by atoms with Crippen molar-refractivity contribution in [3.63, 3.8) is 0 Å². The molecule has 1 aromatic rings. The summed E-state index contributed by atoms with van der Waals surface area (Å²) in [4.78, 5) is 20.5.